The van der Waals surface area contributed by atoms with Crippen molar-refractivity contribution >= 4 is 40.7 Å². The molecule has 14 nitrogen and oxygen atoms in total. The Labute approximate surface area is 261 Å². The van der Waals surface area contributed by atoms with Gasteiger partial charge in [0, 0.05) is 52.4 Å². The number of nitrogens with one attached hydrogen (secondary N) is 2. The Morgan fingerprint density at radius 3 is 2.53 bits per heavy atom. The Morgan fingerprint density at radius 1 is 1.16 bits per heavy atom. The minimum atomic E-state index is -0.691. The fraction of sp³-hybridized carbons (Fsp3) is 0.484. The lowest BCUT2D eigenvalue weighted by atomic mass is 10.1. The summed E-state index contributed by atoms with van der Waals surface area (Å²) in [6.45, 7) is 8.08. The van der Waals surface area contributed by atoms with Crippen LogP contribution < -0.4 is 31.7 Å². The number of benzene rings is 1. The van der Waals surface area contributed by atoms with E-state index < -0.39 is 41.3 Å². The number of piperidine rings is 1. The van der Waals surface area contributed by atoms with Crippen LogP contribution in [0.25, 0.3) is 11.2 Å². The van der Waals surface area contributed by atoms with Gasteiger partial charge in [-0.3, -0.25) is 23.6 Å². The lowest BCUT2D eigenvalue weighted by Gasteiger charge is -2.34. The molecule has 0 radical (unpaired) electrons. The number of urea groups is 1. The van der Waals surface area contributed by atoms with E-state index in [0.717, 1.165) is 17.4 Å². The maximum Gasteiger partial charge on any atom is 0.407 e. The second kappa shape index (κ2) is 13.4. The van der Waals surface area contributed by atoms with Crippen LogP contribution >= 0.6 is 0 Å². The minimum absolute atomic E-state index is 0.177. The van der Waals surface area contributed by atoms with E-state index in [-0.39, 0.29) is 22.8 Å². The van der Waals surface area contributed by atoms with Crippen molar-refractivity contribution in [2.75, 3.05) is 37.0 Å². The number of aryl methyl sites for hydroxylation is 1. The molecule has 0 aliphatic carbocycles. The SMILES string of the molecule is C/C=C/Cn1c(N2CCC[C@@H](NC(=O)OC(C)(C)C)C2)nc2c1c(=O)n(CC(=O)c1ccccc1N(C)C(=O)NC)c(=O)n2C. The molecule has 4 rings (SSSR count). The molecular weight excluding hydrogens is 580 g/mol. The van der Waals surface area contributed by atoms with Crippen LogP contribution in [0, 0.1) is 0 Å². The number of aromatic nitrogens is 4. The maximum absolute atomic E-state index is 14.0. The molecule has 3 amide bonds. The van der Waals surface area contributed by atoms with Crippen LogP contribution in [0.5, 0.6) is 0 Å². The number of imidazole rings is 1. The molecule has 242 valence electrons. The summed E-state index contributed by atoms with van der Waals surface area (Å²) < 4.78 is 9.34. The van der Waals surface area contributed by atoms with Crippen LogP contribution in [0.3, 0.4) is 0 Å². The summed E-state index contributed by atoms with van der Waals surface area (Å²) in [5.41, 5.74) is -1.07. The Hall–Kier alpha value is -4.88. The van der Waals surface area contributed by atoms with Crippen LogP contribution in [0.4, 0.5) is 21.2 Å². The van der Waals surface area contributed by atoms with Crippen molar-refractivity contribution in [3.63, 3.8) is 0 Å². The van der Waals surface area contributed by atoms with Gasteiger partial charge in [-0.15, -0.1) is 0 Å². The topological polar surface area (TPSA) is 153 Å². The summed E-state index contributed by atoms with van der Waals surface area (Å²) in [5, 5.41) is 5.45. The lowest BCUT2D eigenvalue weighted by molar-refractivity contribution is 0.0499. The third kappa shape index (κ3) is 7.10. The molecule has 1 fully saturated rings. The molecule has 0 saturated carbocycles. The first-order valence-corrected chi connectivity index (χ1v) is 14.9. The van der Waals surface area contributed by atoms with E-state index in [4.69, 9.17) is 9.72 Å². The number of fused-ring (bicyclic) bond motifs is 1. The fourth-order valence-electron chi connectivity index (χ4n) is 5.38. The van der Waals surface area contributed by atoms with Gasteiger partial charge in [0.05, 0.1) is 12.2 Å². The highest BCUT2D eigenvalue weighted by Crippen LogP contribution is 2.24. The molecule has 1 atom stereocenters. The number of ketones is 1. The first-order chi connectivity index (χ1) is 21.3. The number of allylic oxidation sites excluding steroid dienone is 2. The number of ether oxygens (including phenoxy) is 1. The Morgan fingerprint density at radius 2 is 1.87 bits per heavy atom. The molecule has 45 heavy (non-hydrogen) atoms. The number of carbonyl (C=O) groups is 3. The van der Waals surface area contributed by atoms with Gasteiger partial charge in [-0.05, 0) is 52.7 Å². The standard InChI is InChI=1S/C31H42N8O6/c1-8-9-17-38-24-25(34-27(38)37-16-12-13-20(18-37)33-29(43)45-31(2,3)4)36(7)30(44)39(26(24)41)19-23(40)21-14-10-11-15-22(21)35(6)28(42)32-5/h8-11,14-15,20H,12-13,16-19H2,1-7H3,(H,32,42)(H,33,43)/b9-8+/t20-/m1/s1. The van der Waals surface area contributed by atoms with Crippen LogP contribution in [0.1, 0.15) is 50.9 Å². The van der Waals surface area contributed by atoms with Crippen molar-refractivity contribution < 1.29 is 19.1 Å². The van der Waals surface area contributed by atoms with Crippen LogP contribution in [0.2, 0.25) is 0 Å². The number of Topliss-reactive ketones (excluding diaryl/α,β-unsaturated/α-hetero) is 1. The molecule has 1 aromatic carbocycles. The second-order valence-electron chi connectivity index (χ2n) is 12.0. The third-order valence-corrected chi connectivity index (χ3v) is 7.55. The van der Waals surface area contributed by atoms with Crippen molar-refractivity contribution in [3.8, 4) is 0 Å². The summed E-state index contributed by atoms with van der Waals surface area (Å²) in [6, 6.07) is 5.88. The monoisotopic (exact) mass is 622 g/mol. The second-order valence-corrected chi connectivity index (χ2v) is 12.0. The van der Waals surface area contributed by atoms with E-state index in [2.05, 4.69) is 10.6 Å². The van der Waals surface area contributed by atoms with Gasteiger partial charge in [-0.2, -0.15) is 4.98 Å². The Kier molecular flexibility index (Phi) is 9.84. The quantitative estimate of drug-likeness (QED) is 0.287. The van der Waals surface area contributed by atoms with Crippen LogP contribution in [-0.4, -0.2) is 75.4 Å². The lowest BCUT2D eigenvalue weighted by Crippen LogP contribution is -2.49. The number of alkyl carbamates (subject to hydrolysis) is 1. The van der Waals surface area contributed by atoms with Crippen LogP contribution in [-0.2, 0) is 24.9 Å². The number of nitrogens with zero attached hydrogens (tertiary/aromatic N) is 6. The largest absolute Gasteiger partial charge is 0.444 e. The minimum Gasteiger partial charge on any atom is -0.444 e. The molecule has 1 saturated heterocycles. The van der Waals surface area contributed by atoms with E-state index in [1.54, 1.807) is 49.6 Å². The zero-order valence-corrected chi connectivity index (χ0v) is 26.9. The molecule has 3 aromatic rings. The van der Waals surface area contributed by atoms with Crippen molar-refractivity contribution in [1.29, 1.82) is 0 Å². The van der Waals surface area contributed by atoms with Gasteiger partial charge < -0.3 is 24.8 Å². The summed E-state index contributed by atoms with van der Waals surface area (Å²) >= 11 is 0. The number of anilines is 2. The molecule has 0 bridgehead atoms. The highest BCUT2D eigenvalue weighted by Gasteiger charge is 2.29. The average molecular weight is 623 g/mol. The van der Waals surface area contributed by atoms with Crippen molar-refractivity contribution in [2.45, 2.75) is 65.3 Å². The first-order valence-electron chi connectivity index (χ1n) is 14.9. The van der Waals surface area contributed by atoms with Gasteiger partial charge in [0.15, 0.2) is 16.9 Å². The Balaban J connectivity index is 1.75. The first kappa shape index (κ1) is 33.0. The van der Waals surface area contributed by atoms with Gasteiger partial charge in [0.25, 0.3) is 5.56 Å². The summed E-state index contributed by atoms with van der Waals surface area (Å²) in [7, 11) is 4.52. The molecular formula is C31H42N8O6. The van der Waals surface area contributed by atoms with E-state index in [9.17, 15) is 24.0 Å². The Bertz CT molecular complexity index is 1750. The predicted molar refractivity (Wildman–Crippen MR) is 172 cm³/mol. The van der Waals surface area contributed by atoms with Gasteiger partial charge in [0.2, 0.25) is 5.95 Å². The van der Waals surface area contributed by atoms with Crippen molar-refractivity contribution in [1.82, 2.24) is 29.3 Å². The third-order valence-electron chi connectivity index (χ3n) is 7.55. The average Bonchev–Trinajstić information content (AvgIpc) is 3.39. The van der Waals surface area contributed by atoms with Crippen LogP contribution in [0.15, 0.2) is 46.0 Å². The predicted octanol–water partition coefficient (Wildman–Crippen LogP) is 2.62. The number of para-hydroxylation sites is 1. The van der Waals surface area contributed by atoms with Crippen molar-refractivity contribution in [2.24, 2.45) is 7.05 Å². The maximum atomic E-state index is 14.0. The number of amides is 3. The molecule has 1 aliphatic rings. The summed E-state index contributed by atoms with van der Waals surface area (Å²) in [6.07, 6.45) is 4.72. The molecule has 2 N–H and O–H groups in total. The highest BCUT2D eigenvalue weighted by molar-refractivity contribution is 6.05. The molecule has 3 heterocycles. The molecule has 0 spiro atoms. The van der Waals surface area contributed by atoms with E-state index >= 15 is 0 Å². The molecule has 14 heteroatoms. The van der Waals surface area contributed by atoms with Gasteiger partial charge in [0.1, 0.15) is 5.60 Å². The van der Waals surface area contributed by atoms with Gasteiger partial charge in [-0.25, -0.2) is 14.4 Å². The molecule has 0 unspecified atom stereocenters. The zero-order valence-electron chi connectivity index (χ0n) is 26.9. The number of hydrogen-bond donors (Lipinski definition) is 2. The van der Waals surface area contributed by atoms with Gasteiger partial charge in [-0.1, -0.05) is 24.3 Å². The normalized spacial score (nSPS) is 15.4. The van der Waals surface area contributed by atoms with Gasteiger partial charge >= 0.3 is 17.8 Å². The number of carbonyl (C=O) groups excluding carboxylic acids is 3. The fourth-order valence-corrected chi connectivity index (χ4v) is 5.38. The highest BCUT2D eigenvalue weighted by atomic mass is 16.6. The van der Waals surface area contributed by atoms with Crippen molar-refractivity contribution in [3.05, 3.63) is 62.8 Å². The number of hydrogen-bond acceptors (Lipinski definition) is 8. The smallest absolute Gasteiger partial charge is 0.407 e. The zero-order chi connectivity index (χ0) is 33.1. The molecule has 1 aliphatic heterocycles. The number of rotatable bonds is 8. The molecule has 2 aromatic heterocycles. The summed E-state index contributed by atoms with van der Waals surface area (Å²) in [4.78, 5) is 73.9. The van der Waals surface area contributed by atoms with E-state index in [0.29, 0.717) is 31.3 Å². The van der Waals surface area contributed by atoms with E-state index in [1.165, 1.54) is 30.6 Å². The summed E-state index contributed by atoms with van der Waals surface area (Å²) in [5.74, 6) is -0.0285. The van der Waals surface area contributed by atoms with E-state index in [1.807, 2.05) is 24.0 Å².